The van der Waals surface area contributed by atoms with Crippen molar-refractivity contribution in [1.29, 1.82) is 0 Å². The van der Waals surface area contributed by atoms with Crippen molar-refractivity contribution in [1.82, 2.24) is 9.55 Å². The fraction of sp³-hybridized carbons (Fsp3) is 0.226. The first-order valence-electron chi connectivity index (χ1n) is 20.6. The van der Waals surface area contributed by atoms with Gasteiger partial charge in [0.25, 0.3) is 0 Å². The summed E-state index contributed by atoms with van der Waals surface area (Å²) in [7, 11) is 0. The molecule has 0 bridgehead atoms. The first kappa shape index (κ1) is 32.7. The molecule has 0 spiro atoms. The van der Waals surface area contributed by atoms with E-state index in [9.17, 15) is 0 Å². The van der Waals surface area contributed by atoms with E-state index in [0.717, 1.165) is 50.6 Å². The number of aromatic nitrogens is 2. The van der Waals surface area contributed by atoms with Gasteiger partial charge in [-0.05, 0) is 150 Å². The standard InChI is InChI=1S/C53H46N2/c1-3-15-37(16-4-1)49-31-35(32-50(54-49)38-17-5-2-6-18-38)30-46-42-21-9-10-22-43(42)47-33-39(26-28-44(46)47)40-27-29-53-48(34-40)45-23-11-12-24-52(45)55(53)51-25-13-19-36-14-7-8-20-41(36)51/h1,3-5,7,9,11-15,17-19,21,23-29,31-34,37,42-43,46H,2,6,8,10,16,20,22,30H2. The van der Waals surface area contributed by atoms with Gasteiger partial charge >= 0.3 is 0 Å². The van der Waals surface area contributed by atoms with E-state index >= 15 is 0 Å². The highest BCUT2D eigenvalue weighted by atomic mass is 15.0. The molecule has 2 heterocycles. The van der Waals surface area contributed by atoms with Crippen LogP contribution >= 0.6 is 0 Å². The molecule has 4 unspecified atom stereocenters. The molecule has 268 valence electrons. The van der Waals surface area contributed by atoms with Crippen molar-refractivity contribution < 1.29 is 0 Å². The summed E-state index contributed by atoms with van der Waals surface area (Å²) in [5.41, 5.74) is 17.4. The highest BCUT2D eigenvalue weighted by Gasteiger charge is 2.40. The maximum Gasteiger partial charge on any atom is 0.0704 e. The van der Waals surface area contributed by atoms with Gasteiger partial charge in [0.2, 0.25) is 0 Å². The van der Waals surface area contributed by atoms with Gasteiger partial charge in [-0.25, -0.2) is 0 Å². The number of fused-ring (bicyclic) bond motifs is 7. The van der Waals surface area contributed by atoms with E-state index < -0.39 is 0 Å². The lowest BCUT2D eigenvalue weighted by atomic mass is 9.78. The smallest absolute Gasteiger partial charge is 0.0704 e. The molecule has 5 aliphatic rings. The number of benzene rings is 4. The maximum absolute atomic E-state index is 5.28. The number of hydrogen-bond donors (Lipinski definition) is 0. The minimum absolute atomic E-state index is 0.333. The normalized spacial score (nSPS) is 22.2. The van der Waals surface area contributed by atoms with Crippen LogP contribution in [0.15, 0.2) is 152 Å². The van der Waals surface area contributed by atoms with Crippen LogP contribution in [0.1, 0.15) is 95.5 Å². The maximum atomic E-state index is 5.28. The summed E-state index contributed by atoms with van der Waals surface area (Å²) in [6, 6.07) is 35.2. The van der Waals surface area contributed by atoms with Gasteiger partial charge in [-0.2, -0.15) is 0 Å². The Kier molecular flexibility index (Phi) is 8.04. The molecular weight excluding hydrogens is 665 g/mol. The van der Waals surface area contributed by atoms with E-state index in [0.29, 0.717) is 23.7 Å². The topological polar surface area (TPSA) is 17.8 Å². The molecule has 2 aromatic heterocycles. The summed E-state index contributed by atoms with van der Waals surface area (Å²) in [5.74, 6) is 1.88. The molecule has 0 amide bonds. The van der Waals surface area contributed by atoms with Crippen LogP contribution in [0.5, 0.6) is 0 Å². The Morgan fingerprint density at radius 2 is 1.58 bits per heavy atom. The molecule has 0 fully saturated rings. The molecule has 55 heavy (non-hydrogen) atoms. The van der Waals surface area contributed by atoms with E-state index in [1.165, 1.54) is 73.0 Å². The molecule has 4 atom stereocenters. The van der Waals surface area contributed by atoms with Gasteiger partial charge in [0, 0.05) is 28.1 Å². The first-order valence-corrected chi connectivity index (χ1v) is 20.6. The van der Waals surface area contributed by atoms with Gasteiger partial charge in [-0.15, -0.1) is 0 Å². The third-order valence-electron chi connectivity index (χ3n) is 13.1. The molecule has 4 aromatic carbocycles. The summed E-state index contributed by atoms with van der Waals surface area (Å²) in [6.07, 6.45) is 34.4. The van der Waals surface area contributed by atoms with Gasteiger partial charge in [-0.1, -0.05) is 121 Å². The van der Waals surface area contributed by atoms with Crippen molar-refractivity contribution in [3.05, 3.63) is 191 Å². The second kappa shape index (κ2) is 13.5. The lowest BCUT2D eigenvalue weighted by Crippen LogP contribution is -2.15. The minimum Gasteiger partial charge on any atom is -0.309 e. The van der Waals surface area contributed by atoms with Gasteiger partial charge in [0.15, 0.2) is 0 Å². The van der Waals surface area contributed by atoms with Crippen LogP contribution in [0.2, 0.25) is 0 Å². The molecular formula is C53H46N2. The Morgan fingerprint density at radius 1 is 0.673 bits per heavy atom. The number of para-hydroxylation sites is 1. The largest absolute Gasteiger partial charge is 0.309 e. The predicted octanol–water partition coefficient (Wildman–Crippen LogP) is 13.5. The molecule has 0 aliphatic heterocycles. The number of hydrogen-bond acceptors (Lipinski definition) is 1. The van der Waals surface area contributed by atoms with Crippen molar-refractivity contribution in [2.45, 2.75) is 69.1 Å². The van der Waals surface area contributed by atoms with Crippen LogP contribution in [0.3, 0.4) is 0 Å². The summed E-state index contributed by atoms with van der Waals surface area (Å²) in [5, 5.41) is 2.64. The average molecular weight is 711 g/mol. The molecule has 6 aromatic rings. The van der Waals surface area contributed by atoms with E-state index in [4.69, 9.17) is 4.98 Å². The van der Waals surface area contributed by atoms with Gasteiger partial charge < -0.3 is 4.57 Å². The zero-order chi connectivity index (χ0) is 36.3. The van der Waals surface area contributed by atoms with E-state index in [2.05, 4.69) is 162 Å². The van der Waals surface area contributed by atoms with Crippen molar-refractivity contribution >= 4 is 33.5 Å². The van der Waals surface area contributed by atoms with E-state index in [1.807, 2.05) is 0 Å². The van der Waals surface area contributed by atoms with Crippen LogP contribution in [-0.4, -0.2) is 9.55 Å². The number of pyridine rings is 1. The highest BCUT2D eigenvalue weighted by Crippen LogP contribution is 2.53. The van der Waals surface area contributed by atoms with Crippen molar-refractivity contribution in [2.75, 3.05) is 0 Å². The van der Waals surface area contributed by atoms with Crippen molar-refractivity contribution in [3.8, 4) is 16.8 Å². The quantitative estimate of drug-likeness (QED) is 0.157. The van der Waals surface area contributed by atoms with E-state index in [1.54, 1.807) is 11.1 Å². The predicted molar refractivity (Wildman–Crippen MR) is 231 cm³/mol. The zero-order valence-corrected chi connectivity index (χ0v) is 31.4. The lowest BCUT2D eigenvalue weighted by Gasteiger charge is -2.26. The SMILES string of the molecule is C1=CCC(c2cc(CC3c4ccc(-c5ccc6c(c5)c5ccccc5n6-c5cccc6c5CCC=C6)cc4C4CCC=CC43)cc(C3=CCCC=C3)n2)C=C1. The average Bonchev–Trinajstić information content (AvgIpc) is 3.75. The van der Waals surface area contributed by atoms with Crippen molar-refractivity contribution in [3.63, 3.8) is 0 Å². The second-order valence-corrected chi connectivity index (χ2v) is 16.3. The third kappa shape index (κ3) is 5.65. The number of rotatable bonds is 6. The molecule has 11 rings (SSSR count). The molecule has 5 aliphatic carbocycles. The van der Waals surface area contributed by atoms with Crippen LogP contribution < -0.4 is 0 Å². The molecule has 0 saturated heterocycles. The molecule has 0 N–H and O–H groups in total. The van der Waals surface area contributed by atoms with Crippen LogP contribution in [-0.2, 0) is 12.8 Å². The van der Waals surface area contributed by atoms with Crippen LogP contribution in [0.25, 0.3) is 50.3 Å². The number of nitrogens with zero attached hydrogens (tertiary/aromatic N) is 2. The molecule has 0 saturated carbocycles. The molecule has 2 heteroatoms. The summed E-state index contributed by atoms with van der Waals surface area (Å²) in [4.78, 5) is 5.28. The lowest BCUT2D eigenvalue weighted by molar-refractivity contribution is 0.430. The summed E-state index contributed by atoms with van der Waals surface area (Å²) >= 11 is 0. The molecule has 2 nitrogen and oxygen atoms in total. The fourth-order valence-electron chi connectivity index (χ4n) is 10.5. The van der Waals surface area contributed by atoms with Gasteiger partial charge in [-0.3, -0.25) is 4.98 Å². The Balaban J connectivity index is 0.983. The fourth-order valence-corrected chi connectivity index (χ4v) is 10.5. The minimum atomic E-state index is 0.333. The third-order valence-corrected chi connectivity index (χ3v) is 13.1. The van der Waals surface area contributed by atoms with E-state index in [-0.39, 0.29) is 0 Å². The highest BCUT2D eigenvalue weighted by molar-refractivity contribution is 6.10. The Bertz CT molecular complexity index is 2690. The Morgan fingerprint density at radius 3 is 2.51 bits per heavy atom. The summed E-state index contributed by atoms with van der Waals surface area (Å²) < 4.78 is 2.51. The number of allylic oxidation sites excluding steroid dienone is 11. The second-order valence-electron chi connectivity index (χ2n) is 16.3. The van der Waals surface area contributed by atoms with Crippen molar-refractivity contribution in [2.24, 2.45) is 5.92 Å². The van der Waals surface area contributed by atoms with Gasteiger partial charge in [0.1, 0.15) is 0 Å². The van der Waals surface area contributed by atoms with Crippen LogP contribution in [0, 0.1) is 5.92 Å². The Labute approximate surface area is 324 Å². The van der Waals surface area contributed by atoms with Crippen LogP contribution in [0.4, 0.5) is 0 Å². The van der Waals surface area contributed by atoms with Gasteiger partial charge in [0.05, 0.1) is 16.7 Å². The Hall–Kier alpha value is -5.73. The summed E-state index contributed by atoms with van der Waals surface area (Å²) in [6.45, 7) is 0. The molecule has 0 radical (unpaired) electrons. The first-order chi connectivity index (χ1) is 27.3. The monoisotopic (exact) mass is 710 g/mol. The zero-order valence-electron chi connectivity index (χ0n) is 31.4.